The van der Waals surface area contributed by atoms with Crippen molar-refractivity contribution in [1.29, 1.82) is 0 Å². The van der Waals surface area contributed by atoms with Crippen molar-refractivity contribution < 1.29 is 0 Å². The summed E-state index contributed by atoms with van der Waals surface area (Å²) in [5, 5.41) is 3.63. The summed E-state index contributed by atoms with van der Waals surface area (Å²) in [4.78, 5) is 0. The Morgan fingerprint density at radius 2 is 2.00 bits per heavy atom. The van der Waals surface area contributed by atoms with Gasteiger partial charge in [-0.05, 0) is 18.4 Å². The maximum absolute atomic E-state index is 5.81. The first-order valence-corrected chi connectivity index (χ1v) is 6.23. The number of aromatic nitrogens is 2. The summed E-state index contributed by atoms with van der Waals surface area (Å²) in [5.41, 5.74) is 1.35. The molecule has 0 saturated heterocycles. The standard InChI is InChI=1S/C11H12ClN3S/c12-10-11(15-16-14-10)13-8-4-7-9-5-2-1-3-6-9/h1-3,5-6H,4,7-8H2,(H,13,15). The molecule has 0 spiro atoms. The molecule has 16 heavy (non-hydrogen) atoms. The van der Waals surface area contributed by atoms with Gasteiger partial charge in [0, 0.05) is 6.54 Å². The molecule has 0 bridgehead atoms. The van der Waals surface area contributed by atoms with Gasteiger partial charge in [-0.2, -0.15) is 8.75 Å². The molecule has 5 heteroatoms. The molecule has 1 heterocycles. The van der Waals surface area contributed by atoms with Gasteiger partial charge >= 0.3 is 0 Å². The van der Waals surface area contributed by atoms with E-state index < -0.39 is 0 Å². The second kappa shape index (κ2) is 5.82. The predicted octanol–water partition coefficient (Wildman–Crippen LogP) is 3.24. The zero-order valence-corrected chi connectivity index (χ0v) is 10.3. The summed E-state index contributed by atoms with van der Waals surface area (Å²) in [6.45, 7) is 0.861. The molecule has 0 radical (unpaired) electrons. The number of halogens is 1. The Kier molecular flexibility index (Phi) is 4.13. The number of nitrogens with zero attached hydrogens (tertiary/aromatic N) is 2. The van der Waals surface area contributed by atoms with E-state index in [0.717, 1.165) is 31.1 Å². The Morgan fingerprint density at radius 1 is 1.19 bits per heavy atom. The topological polar surface area (TPSA) is 37.8 Å². The van der Waals surface area contributed by atoms with Crippen LogP contribution in [0.3, 0.4) is 0 Å². The van der Waals surface area contributed by atoms with Gasteiger partial charge in [-0.25, -0.2) is 0 Å². The van der Waals surface area contributed by atoms with Crippen LogP contribution in [0.15, 0.2) is 30.3 Å². The minimum atomic E-state index is 0.463. The number of rotatable bonds is 5. The lowest BCUT2D eigenvalue weighted by atomic mass is 10.1. The molecule has 3 nitrogen and oxygen atoms in total. The minimum Gasteiger partial charge on any atom is -0.367 e. The van der Waals surface area contributed by atoms with Crippen LogP contribution in [-0.2, 0) is 6.42 Å². The first kappa shape index (κ1) is 11.4. The summed E-state index contributed by atoms with van der Waals surface area (Å²) in [5.74, 6) is 0.694. The van der Waals surface area contributed by atoms with Crippen LogP contribution in [0.1, 0.15) is 12.0 Å². The first-order valence-electron chi connectivity index (χ1n) is 5.12. The van der Waals surface area contributed by atoms with Crippen molar-refractivity contribution in [2.24, 2.45) is 0 Å². The smallest absolute Gasteiger partial charge is 0.186 e. The van der Waals surface area contributed by atoms with E-state index in [9.17, 15) is 0 Å². The summed E-state index contributed by atoms with van der Waals surface area (Å²) >= 11 is 6.94. The van der Waals surface area contributed by atoms with Crippen LogP contribution in [0, 0.1) is 0 Å². The molecule has 0 aliphatic heterocycles. The van der Waals surface area contributed by atoms with Crippen molar-refractivity contribution in [2.45, 2.75) is 12.8 Å². The van der Waals surface area contributed by atoms with Crippen LogP contribution >= 0.6 is 23.3 Å². The monoisotopic (exact) mass is 253 g/mol. The van der Waals surface area contributed by atoms with Crippen LogP contribution in [0.25, 0.3) is 0 Å². The molecule has 0 fully saturated rings. The van der Waals surface area contributed by atoms with Crippen LogP contribution in [0.2, 0.25) is 5.15 Å². The molecule has 0 amide bonds. The van der Waals surface area contributed by atoms with Gasteiger partial charge in [0.25, 0.3) is 0 Å². The van der Waals surface area contributed by atoms with Crippen molar-refractivity contribution >= 4 is 29.1 Å². The second-order valence-electron chi connectivity index (χ2n) is 3.42. The number of hydrogen-bond donors (Lipinski definition) is 1. The van der Waals surface area contributed by atoms with E-state index in [2.05, 4.69) is 38.3 Å². The maximum Gasteiger partial charge on any atom is 0.186 e. The molecule has 1 aromatic carbocycles. The Morgan fingerprint density at radius 3 is 2.69 bits per heavy atom. The number of hydrogen-bond acceptors (Lipinski definition) is 4. The normalized spacial score (nSPS) is 10.3. The van der Waals surface area contributed by atoms with Gasteiger partial charge in [0.15, 0.2) is 11.0 Å². The van der Waals surface area contributed by atoms with Crippen molar-refractivity contribution in [3.63, 3.8) is 0 Å². The second-order valence-corrected chi connectivity index (χ2v) is 4.31. The highest BCUT2D eigenvalue weighted by molar-refractivity contribution is 6.99. The molecule has 2 rings (SSSR count). The van der Waals surface area contributed by atoms with Crippen LogP contribution < -0.4 is 5.32 Å². The third-order valence-corrected chi connectivity index (χ3v) is 3.12. The fraction of sp³-hybridized carbons (Fsp3) is 0.273. The van der Waals surface area contributed by atoms with Crippen LogP contribution in [0.4, 0.5) is 5.82 Å². The SMILES string of the molecule is Clc1nsnc1NCCCc1ccccc1. The Hall–Kier alpha value is -1.13. The highest BCUT2D eigenvalue weighted by atomic mass is 35.5. The highest BCUT2D eigenvalue weighted by Crippen LogP contribution is 2.17. The van der Waals surface area contributed by atoms with Gasteiger partial charge in [0.1, 0.15) is 0 Å². The molecule has 0 aliphatic rings. The average Bonchev–Trinajstić information content (AvgIpc) is 2.72. The highest BCUT2D eigenvalue weighted by Gasteiger charge is 2.02. The number of anilines is 1. The Bertz CT molecular complexity index is 430. The zero-order chi connectivity index (χ0) is 11.2. The van der Waals surface area contributed by atoms with E-state index in [-0.39, 0.29) is 0 Å². The molecule has 2 aromatic rings. The van der Waals surface area contributed by atoms with E-state index in [1.165, 1.54) is 5.56 Å². The maximum atomic E-state index is 5.81. The van der Waals surface area contributed by atoms with Crippen molar-refractivity contribution in [3.8, 4) is 0 Å². The van der Waals surface area contributed by atoms with Crippen LogP contribution in [0.5, 0.6) is 0 Å². The molecule has 84 valence electrons. The molecule has 1 aromatic heterocycles. The average molecular weight is 254 g/mol. The lowest BCUT2D eigenvalue weighted by molar-refractivity contribution is 0.860. The predicted molar refractivity (Wildman–Crippen MR) is 68.2 cm³/mol. The summed E-state index contributed by atoms with van der Waals surface area (Å²) in [6.07, 6.45) is 2.11. The zero-order valence-electron chi connectivity index (χ0n) is 8.69. The Labute approximate surface area is 104 Å². The Balaban J connectivity index is 1.72. The lowest BCUT2D eigenvalue weighted by Gasteiger charge is -2.03. The molecule has 0 atom stereocenters. The largest absolute Gasteiger partial charge is 0.367 e. The van der Waals surface area contributed by atoms with Gasteiger partial charge < -0.3 is 5.32 Å². The van der Waals surface area contributed by atoms with Gasteiger partial charge in [0.2, 0.25) is 0 Å². The van der Waals surface area contributed by atoms with E-state index in [0.29, 0.717) is 11.0 Å². The summed E-state index contributed by atoms with van der Waals surface area (Å²) < 4.78 is 7.93. The first-order chi connectivity index (χ1) is 7.86. The van der Waals surface area contributed by atoms with E-state index in [4.69, 9.17) is 11.6 Å². The molecule has 0 unspecified atom stereocenters. The summed E-state index contributed by atoms with van der Waals surface area (Å²) in [6, 6.07) is 10.4. The van der Waals surface area contributed by atoms with Gasteiger partial charge in [0.05, 0.1) is 11.7 Å². The third-order valence-electron chi connectivity index (χ3n) is 2.23. The van der Waals surface area contributed by atoms with Gasteiger partial charge in [-0.15, -0.1) is 0 Å². The molecular formula is C11H12ClN3S. The van der Waals surface area contributed by atoms with Crippen molar-refractivity contribution in [1.82, 2.24) is 8.75 Å². The molecule has 0 saturated carbocycles. The fourth-order valence-electron chi connectivity index (χ4n) is 1.43. The third kappa shape index (κ3) is 3.18. The molecular weight excluding hydrogens is 242 g/mol. The number of benzene rings is 1. The van der Waals surface area contributed by atoms with Crippen molar-refractivity contribution in [3.05, 3.63) is 41.0 Å². The van der Waals surface area contributed by atoms with Crippen molar-refractivity contribution in [2.75, 3.05) is 11.9 Å². The van der Waals surface area contributed by atoms with E-state index >= 15 is 0 Å². The molecule has 1 N–H and O–H groups in total. The minimum absolute atomic E-state index is 0.463. The quantitative estimate of drug-likeness (QED) is 0.832. The van der Waals surface area contributed by atoms with E-state index in [1.54, 1.807) is 0 Å². The number of aryl methyl sites for hydroxylation is 1. The van der Waals surface area contributed by atoms with Gasteiger partial charge in [-0.1, -0.05) is 41.9 Å². The summed E-state index contributed by atoms with van der Waals surface area (Å²) in [7, 11) is 0. The number of nitrogens with one attached hydrogen (secondary N) is 1. The van der Waals surface area contributed by atoms with Gasteiger partial charge in [-0.3, -0.25) is 0 Å². The van der Waals surface area contributed by atoms with E-state index in [1.807, 2.05) is 6.07 Å². The fourth-order valence-corrected chi connectivity index (χ4v) is 2.11. The van der Waals surface area contributed by atoms with Crippen LogP contribution in [-0.4, -0.2) is 15.3 Å². The lowest BCUT2D eigenvalue weighted by Crippen LogP contribution is -2.03. The molecule has 0 aliphatic carbocycles.